The summed E-state index contributed by atoms with van der Waals surface area (Å²) in [7, 11) is 0. The Morgan fingerprint density at radius 2 is 1.77 bits per heavy atom. The number of fused-ring (bicyclic) bond motifs is 1. The minimum absolute atomic E-state index is 0.0619. The fourth-order valence-electron chi connectivity index (χ4n) is 5.11. The van der Waals surface area contributed by atoms with Crippen LogP contribution in [0.3, 0.4) is 0 Å². The molecule has 0 spiro atoms. The number of rotatable bonds is 5. The predicted molar refractivity (Wildman–Crippen MR) is 113 cm³/mol. The molecule has 3 aliphatic rings. The minimum atomic E-state index is -0.483. The third-order valence-electron chi connectivity index (χ3n) is 6.82. The van der Waals surface area contributed by atoms with Crippen LogP contribution in [0.25, 0.3) is 5.69 Å². The van der Waals surface area contributed by atoms with Gasteiger partial charge in [0, 0.05) is 18.5 Å². The largest absolute Gasteiger partial charge is 0.451 e. The zero-order valence-corrected chi connectivity index (χ0v) is 17.3. The Kier molecular flexibility index (Phi) is 5.32. The van der Waals surface area contributed by atoms with Crippen LogP contribution in [0, 0.1) is 5.92 Å². The molecule has 158 valence electrons. The smallest absolute Gasteiger partial charge is 0.357 e. The maximum atomic E-state index is 12.9. The quantitative estimate of drug-likeness (QED) is 0.701. The topological polar surface area (TPSA) is 64.4 Å². The van der Waals surface area contributed by atoms with Gasteiger partial charge in [0.05, 0.1) is 11.4 Å². The van der Waals surface area contributed by atoms with E-state index in [0.717, 1.165) is 43.6 Å². The van der Waals surface area contributed by atoms with Crippen LogP contribution in [0.4, 0.5) is 0 Å². The Labute approximate surface area is 177 Å². The van der Waals surface area contributed by atoms with Crippen molar-refractivity contribution in [2.75, 3.05) is 13.2 Å². The Morgan fingerprint density at radius 3 is 2.57 bits per heavy atom. The monoisotopic (exact) mass is 407 g/mol. The summed E-state index contributed by atoms with van der Waals surface area (Å²) < 4.78 is 7.16. The lowest BCUT2D eigenvalue weighted by atomic mass is 9.78. The summed E-state index contributed by atoms with van der Waals surface area (Å²) in [6, 6.07) is 11.8. The summed E-state index contributed by atoms with van der Waals surface area (Å²) in [6.45, 7) is 0.589. The van der Waals surface area contributed by atoms with E-state index in [1.807, 2.05) is 41.3 Å². The van der Waals surface area contributed by atoms with Gasteiger partial charge in [-0.1, -0.05) is 31.0 Å². The molecule has 1 aromatic heterocycles. The maximum Gasteiger partial charge on any atom is 0.357 e. The molecule has 2 saturated carbocycles. The van der Waals surface area contributed by atoms with Crippen LogP contribution < -0.4 is 0 Å². The summed E-state index contributed by atoms with van der Waals surface area (Å²) >= 11 is 0. The highest BCUT2D eigenvalue weighted by Gasteiger charge is 2.36. The van der Waals surface area contributed by atoms with Crippen LogP contribution in [-0.2, 0) is 9.53 Å². The molecule has 2 aliphatic carbocycles. The standard InChI is InChI=1S/C24H29N3O3/c28-23(26-14-6-8-18-7-4-5-11-21(18)26)16-30-24(29)22-15-20(17-12-13-17)25-27(22)19-9-2-1-3-10-19/h1-3,9-10,15,17-18,21H,4-8,11-14,16H2/t18-,21-/m0/s1. The number of carbonyl (C=O) groups excluding carboxylic acids is 2. The van der Waals surface area contributed by atoms with Gasteiger partial charge in [0.1, 0.15) is 0 Å². The highest BCUT2D eigenvalue weighted by Crippen LogP contribution is 2.40. The van der Waals surface area contributed by atoms with Crippen molar-refractivity contribution in [3.05, 3.63) is 47.8 Å². The number of hydrogen-bond donors (Lipinski definition) is 0. The molecular formula is C24H29N3O3. The van der Waals surface area contributed by atoms with Gasteiger partial charge in [-0.25, -0.2) is 9.48 Å². The Bertz CT molecular complexity index is 917. The Hall–Kier alpha value is -2.63. The van der Waals surface area contributed by atoms with Gasteiger partial charge < -0.3 is 9.64 Å². The van der Waals surface area contributed by atoms with Gasteiger partial charge in [0.15, 0.2) is 12.3 Å². The first kappa shape index (κ1) is 19.3. The van der Waals surface area contributed by atoms with Gasteiger partial charge in [-0.2, -0.15) is 5.10 Å². The normalized spacial score (nSPS) is 23.7. The number of benzene rings is 1. The lowest BCUT2D eigenvalue weighted by molar-refractivity contribution is -0.140. The van der Waals surface area contributed by atoms with Crippen molar-refractivity contribution in [3.63, 3.8) is 0 Å². The molecule has 3 fully saturated rings. The van der Waals surface area contributed by atoms with Gasteiger partial charge in [-0.05, 0) is 62.6 Å². The lowest BCUT2D eigenvalue weighted by Crippen LogP contribution is -2.50. The summed E-state index contributed by atoms with van der Waals surface area (Å²) in [6.07, 6.45) is 9.23. The van der Waals surface area contributed by atoms with E-state index in [-0.39, 0.29) is 12.5 Å². The summed E-state index contributed by atoms with van der Waals surface area (Å²) in [5.41, 5.74) is 2.15. The highest BCUT2D eigenvalue weighted by molar-refractivity contribution is 5.90. The zero-order chi connectivity index (χ0) is 20.5. The molecule has 5 rings (SSSR count). The number of aromatic nitrogens is 2. The van der Waals surface area contributed by atoms with E-state index in [9.17, 15) is 9.59 Å². The molecular weight excluding hydrogens is 378 g/mol. The molecule has 2 heterocycles. The van der Waals surface area contributed by atoms with Crippen molar-refractivity contribution < 1.29 is 14.3 Å². The van der Waals surface area contributed by atoms with E-state index < -0.39 is 5.97 Å². The number of para-hydroxylation sites is 1. The number of hydrogen-bond acceptors (Lipinski definition) is 4. The average molecular weight is 408 g/mol. The van der Waals surface area contributed by atoms with Crippen molar-refractivity contribution in [1.82, 2.24) is 14.7 Å². The van der Waals surface area contributed by atoms with Gasteiger partial charge in [0.25, 0.3) is 5.91 Å². The maximum absolute atomic E-state index is 12.9. The molecule has 0 unspecified atom stereocenters. The predicted octanol–water partition coefficient (Wildman–Crippen LogP) is 4.09. The van der Waals surface area contributed by atoms with Crippen molar-refractivity contribution in [3.8, 4) is 5.69 Å². The molecule has 0 N–H and O–H groups in total. The van der Waals surface area contributed by atoms with Gasteiger partial charge in [-0.3, -0.25) is 4.79 Å². The molecule has 2 aromatic rings. The molecule has 1 saturated heterocycles. The van der Waals surface area contributed by atoms with Crippen molar-refractivity contribution in [2.24, 2.45) is 5.92 Å². The highest BCUT2D eigenvalue weighted by atomic mass is 16.5. The fourth-order valence-corrected chi connectivity index (χ4v) is 5.11. The third kappa shape index (κ3) is 3.87. The molecule has 2 atom stereocenters. The van der Waals surface area contributed by atoms with E-state index in [1.165, 1.54) is 25.7 Å². The molecule has 1 amide bonds. The lowest BCUT2D eigenvalue weighted by Gasteiger charge is -2.44. The molecule has 0 radical (unpaired) electrons. The van der Waals surface area contributed by atoms with Crippen LogP contribution in [0.2, 0.25) is 0 Å². The number of piperidine rings is 1. The molecule has 1 aromatic carbocycles. The zero-order valence-electron chi connectivity index (χ0n) is 17.3. The van der Waals surface area contributed by atoms with Crippen LogP contribution >= 0.6 is 0 Å². The molecule has 0 bridgehead atoms. The second-order valence-corrected chi connectivity index (χ2v) is 8.89. The van der Waals surface area contributed by atoms with E-state index in [0.29, 0.717) is 23.6 Å². The third-order valence-corrected chi connectivity index (χ3v) is 6.82. The van der Waals surface area contributed by atoms with Gasteiger partial charge in [-0.15, -0.1) is 0 Å². The molecule has 30 heavy (non-hydrogen) atoms. The van der Waals surface area contributed by atoms with Gasteiger partial charge in [0.2, 0.25) is 0 Å². The molecule has 6 heteroatoms. The fraction of sp³-hybridized carbons (Fsp3) is 0.542. The number of carbonyl (C=O) groups is 2. The molecule has 1 aliphatic heterocycles. The summed E-state index contributed by atoms with van der Waals surface area (Å²) in [4.78, 5) is 27.8. The van der Waals surface area contributed by atoms with Crippen LogP contribution in [0.5, 0.6) is 0 Å². The number of likely N-dealkylation sites (tertiary alicyclic amines) is 1. The first-order chi connectivity index (χ1) is 14.7. The SMILES string of the molecule is O=C(OCC(=O)N1CCC[C@@H]2CCCC[C@@H]21)c1cc(C2CC2)nn1-c1ccccc1. The van der Waals surface area contributed by atoms with E-state index in [1.54, 1.807) is 4.68 Å². The Morgan fingerprint density at radius 1 is 1.00 bits per heavy atom. The first-order valence-corrected chi connectivity index (χ1v) is 11.3. The van der Waals surface area contributed by atoms with Crippen LogP contribution in [0.1, 0.15) is 73.5 Å². The number of esters is 1. The number of amides is 1. The van der Waals surface area contributed by atoms with E-state index in [2.05, 4.69) is 5.10 Å². The van der Waals surface area contributed by atoms with Crippen LogP contribution in [0.15, 0.2) is 36.4 Å². The van der Waals surface area contributed by atoms with Gasteiger partial charge >= 0.3 is 5.97 Å². The summed E-state index contributed by atoms with van der Waals surface area (Å²) in [5, 5.41) is 4.65. The first-order valence-electron chi connectivity index (χ1n) is 11.3. The molecule has 6 nitrogen and oxygen atoms in total. The second-order valence-electron chi connectivity index (χ2n) is 8.89. The minimum Gasteiger partial charge on any atom is -0.451 e. The van der Waals surface area contributed by atoms with Crippen LogP contribution in [-0.4, -0.2) is 45.8 Å². The average Bonchev–Trinajstić information content (AvgIpc) is 3.55. The van der Waals surface area contributed by atoms with E-state index >= 15 is 0 Å². The number of nitrogens with zero attached hydrogens (tertiary/aromatic N) is 3. The van der Waals surface area contributed by atoms with Crippen molar-refractivity contribution in [2.45, 2.75) is 63.3 Å². The van der Waals surface area contributed by atoms with E-state index in [4.69, 9.17) is 4.74 Å². The Balaban J connectivity index is 1.29. The second kappa shape index (κ2) is 8.25. The van der Waals surface area contributed by atoms with Crippen molar-refractivity contribution >= 4 is 11.9 Å². The van der Waals surface area contributed by atoms with Crippen molar-refractivity contribution in [1.29, 1.82) is 0 Å². The summed E-state index contributed by atoms with van der Waals surface area (Å²) in [5.74, 6) is 0.504. The number of ether oxygens (including phenoxy) is 1.